The summed E-state index contributed by atoms with van der Waals surface area (Å²) in [5.74, 6) is 1.64. The molecule has 1 fully saturated rings. The average Bonchev–Trinajstić information content (AvgIpc) is 2.74. The van der Waals surface area contributed by atoms with Gasteiger partial charge in [0.2, 0.25) is 5.95 Å². The van der Waals surface area contributed by atoms with E-state index in [0.29, 0.717) is 17.1 Å². The number of hydrogen-bond donors (Lipinski definition) is 2. The molecule has 1 aliphatic heterocycles. The zero-order chi connectivity index (χ0) is 19.5. The third-order valence-corrected chi connectivity index (χ3v) is 5.11. The molecule has 8 nitrogen and oxygen atoms in total. The van der Waals surface area contributed by atoms with Crippen LogP contribution < -0.4 is 15.1 Å². The average molecular weight is 442 g/mol. The Bertz CT molecular complexity index is 959. The van der Waals surface area contributed by atoms with Crippen molar-refractivity contribution in [3.05, 3.63) is 47.2 Å². The van der Waals surface area contributed by atoms with Gasteiger partial charge in [-0.15, -0.1) is 10.2 Å². The molecular formula is C19H20BrN7O. The molecule has 2 N–H and O–H groups in total. The first kappa shape index (κ1) is 18.4. The van der Waals surface area contributed by atoms with Crippen LogP contribution in [0, 0.1) is 0 Å². The van der Waals surface area contributed by atoms with E-state index in [2.05, 4.69) is 51.2 Å². The van der Waals surface area contributed by atoms with Crippen LogP contribution in [0.3, 0.4) is 0 Å². The van der Waals surface area contributed by atoms with Crippen molar-refractivity contribution in [2.45, 2.75) is 0 Å². The number of phenols is 1. The SMILES string of the molecule is CNc1nnc(-c2ccccc2O)cc1N1CCN(c2ncc(Br)cn2)CC1. The zero-order valence-electron chi connectivity index (χ0n) is 15.4. The number of halogens is 1. The van der Waals surface area contributed by atoms with Crippen LogP contribution in [0.5, 0.6) is 5.75 Å². The summed E-state index contributed by atoms with van der Waals surface area (Å²) in [5, 5.41) is 21.9. The van der Waals surface area contributed by atoms with E-state index >= 15 is 0 Å². The Balaban J connectivity index is 1.56. The van der Waals surface area contributed by atoms with Gasteiger partial charge in [-0.1, -0.05) is 12.1 Å². The maximum atomic E-state index is 10.2. The Labute approximate surface area is 171 Å². The Hall–Kier alpha value is -2.94. The lowest BCUT2D eigenvalue weighted by molar-refractivity contribution is 0.477. The third-order valence-electron chi connectivity index (χ3n) is 4.70. The molecule has 3 heterocycles. The van der Waals surface area contributed by atoms with Gasteiger partial charge in [-0.2, -0.15) is 0 Å². The fourth-order valence-corrected chi connectivity index (χ4v) is 3.44. The van der Waals surface area contributed by atoms with Gasteiger partial charge in [0.25, 0.3) is 0 Å². The minimum absolute atomic E-state index is 0.192. The van der Waals surface area contributed by atoms with Crippen LogP contribution in [0.15, 0.2) is 47.2 Å². The van der Waals surface area contributed by atoms with Gasteiger partial charge in [0, 0.05) is 51.2 Å². The van der Waals surface area contributed by atoms with E-state index in [1.165, 1.54) is 0 Å². The lowest BCUT2D eigenvalue weighted by Crippen LogP contribution is -2.47. The number of phenolic OH excluding ortho intramolecular Hbond substituents is 1. The minimum atomic E-state index is 0.192. The summed E-state index contributed by atoms with van der Waals surface area (Å²) in [6, 6.07) is 9.13. The highest BCUT2D eigenvalue weighted by atomic mass is 79.9. The highest BCUT2D eigenvalue weighted by molar-refractivity contribution is 9.10. The number of anilines is 3. The first-order valence-electron chi connectivity index (χ1n) is 8.97. The summed E-state index contributed by atoms with van der Waals surface area (Å²) >= 11 is 3.37. The fraction of sp³-hybridized carbons (Fsp3) is 0.263. The van der Waals surface area contributed by atoms with Crippen molar-refractivity contribution in [2.24, 2.45) is 0 Å². The molecular weight excluding hydrogens is 422 g/mol. The monoisotopic (exact) mass is 441 g/mol. The van der Waals surface area contributed by atoms with Crippen LogP contribution in [0.1, 0.15) is 0 Å². The van der Waals surface area contributed by atoms with Gasteiger partial charge in [0.15, 0.2) is 5.82 Å². The number of piperazine rings is 1. The Kier molecular flexibility index (Phi) is 5.25. The first-order chi connectivity index (χ1) is 13.7. The van der Waals surface area contributed by atoms with Crippen molar-refractivity contribution >= 4 is 33.4 Å². The zero-order valence-corrected chi connectivity index (χ0v) is 17.0. The van der Waals surface area contributed by atoms with E-state index < -0.39 is 0 Å². The Morgan fingerprint density at radius 1 is 1.00 bits per heavy atom. The maximum absolute atomic E-state index is 10.2. The van der Waals surface area contributed by atoms with Crippen LogP contribution in [0.2, 0.25) is 0 Å². The van der Waals surface area contributed by atoms with Crippen molar-refractivity contribution in [2.75, 3.05) is 48.3 Å². The second-order valence-electron chi connectivity index (χ2n) is 6.41. The van der Waals surface area contributed by atoms with Gasteiger partial charge in [-0.25, -0.2) is 9.97 Å². The van der Waals surface area contributed by atoms with Crippen LogP contribution in [0.25, 0.3) is 11.3 Å². The van der Waals surface area contributed by atoms with E-state index in [1.807, 2.05) is 25.2 Å². The molecule has 2 aromatic heterocycles. The standard InChI is InChI=1S/C19H20BrN7O/c1-21-18-16(10-15(24-25-18)14-4-2-3-5-17(14)28)26-6-8-27(9-7-26)19-22-11-13(20)12-23-19/h2-5,10-12,28H,6-9H2,1H3,(H,21,25). The van der Waals surface area contributed by atoms with Crippen molar-refractivity contribution in [1.82, 2.24) is 20.2 Å². The lowest BCUT2D eigenvalue weighted by Gasteiger charge is -2.36. The molecule has 28 heavy (non-hydrogen) atoms. The van der Waals surface area contributed by atoms with Gasteiger partial charge in [0.05, 0.1) is 15.9 Å². The summed E-state index contributed by atoms with van der Waals surface area (Å²) in [4.78, 5) is 13.2. The fourth-order valence-electron chi connectivity index (χ4n) is 3.24. The molecule has 1 aromatic carbocycles. The van der Waals surface area contributed by atoms with Crippen LogP contribution in [-0.4, -0.2) is 58.5 Å². The molecule has 0 radical (unpaired) electrons. The van der Waals surface area contributed by atoms with E-state index in [9.17, 15) is 5.11 Å². The molecule has 0 aliphatic carbocycles. The molecule has 0 bridgehead atoms. The molecule has 1 saturated heterocycles. The predicted molar refractivity (Wildman–Crippen MR) is 113 cm³/mol. The van der Waals surface area contributed by atoms with Crippen LogP contribution in [-0.2, 0) is 0 Å². The maximum Gasteiger partial charge on any atom is 0.225 e. The van der Waals surface area contributed by atoms with Gasteiger partial charge < -0.3 is 20.2 Å². The minimum Gasteiger partial charge on any atom is -0.507 e. The number of rotatable bonds is 4. The summed E-state index contributed by atoms with van der Waals surface area (Å²) in [6.07, 6.45) is 3.53. The van der Waals surface area contributed by atoms with Crippen molar-refractivity contribution in [3.63, 3.8) is 0 Å². The Morgan fingerprint density at radius 2 is 1.68 bits per heavy atom. The van der Waals surface area contributed by atoms with E-state index in [0.717, 1.165) is 42.3 Å². The molecule has 3 aromatic rings. The molecule has 0 amide bonds. The molecule has 9 heteroatoms. The van der Waals surface area contributed by atoms with Gasteiger partial charge in [-0.05, 0) is 34.1 Å². The van der Waals surface area contributed by atoms with Gasteiger partial charge in [-0.3, -0.25) is 0 Å². The van der Waals surface area contributed by atoms with Crippen molar-refractivity contribution in [1.29, 1.82) is 0 Å². The number of aromatic nitrogens is 4. The summed E-state index contributed by atoms with van der Waals surface area (Å²) in [6.45, 7) is 3.22. The van der Waals surface area contributed by atoms with E-state index in [-0.39, 0.29) is 5.75 Å². The number of nitrogens with zero attached hydrogens (tertiary/aromatic N) is 6. The molecule has 0 saturated carbocycles. The number of hydrogen-bond acceptors (Lipinski definition) is 8. The van der Waals surface area contributed by atoms with E-state index in [1.54, 1.807) is 24.5 Å². The third kappa shape index (κ3) is 3.70. The summed E-state index contributed by atoms with van der Waals surface area (Å²) < 4.78 is 0.869. The summed E-state index contributed by atoms with van der Waals surface area (Å²) in [7, 11) is 1.83. The lowest BCUT2D eigenvalue weighted by atomic mass is 10.1. The molecule has 4 rings (SSSR count). The highest BCUT2D eigenvalue weighted by Gasteiger charge is 2.22. The van der Waals surface area contributed by atoms with Gasteiger partial charge in [0.1, 0.15) is 5.75 Å². The summed E-state index contributed by atoms with van der Waals surface area (Å²) in [5.41, 5.74) is 2.28. The van der Waals surface area contributed by atoms with Crippen LogP contribution in [0.4, 0.5) is 17.5 Å². The second-order valence-corrected chi connectivity index (χ2v) is 7.32. The van der Waals surface area contributed by atoms with Gasteiger partial charge >= 0.3 is 0 Å². The smallest absolute Gasteiger partial charge is 0.225 e. The van der Waals surface area contributed by atoms with E-state index in [4.69, 9.17) is 0 Å². The number of nitrogens with one attached hydrogen (secondary N) is 1. The molecule has 0 spiro atoms. The van der Waals surface area contributed by atoms with Crippen molar-refractivity contribution < 1.29 is 5.11 Å². The molecule has 1 aliphatic rings. The normalized spacial score (nSPS) is 14.2. The number of aromatic hydroxyl groups is 1. The molecule has 144 valence electrons. The predicted octanol–water partition coefficient (Wildman–Crippen LogP) is 2.77. The number of benzene rings is 1. The highest BCUT2D eigenvalue weighted by Crippen LogP contribution is 2.32. The Morgan fingerprint density at radius 3 is 2.36 bits per heavy atom. The number of para-hydroxylation sites is 1. The quantitative estimate of drug-likeness (QED) is 0.638. The van der Waals surface area contributed by atoms with Crippen LogP contribution >= 0.6 is 15.9 Å². The molecule has 0 unspecified atom stereocenters. The second kappa shape index (κ2) is 7.97. The van der Waals surface area contributed by atoms with Crippen molar-refractivity contribution in [3.8, 4) is 17.0 Å². The largest absolute Gasteiger partial charge is 0.507 e. The molecule has 0 atom stereocenters. The topological polar surface area (TPSA) is 90.3 Å². The first-order valence-corrected chi connectivity index (χ1v) is 9.76.